The van der Waals surface area contributed by atoms with Crippen LogP contribution in [0.5, 0.6) is 0 Å². The topological polar surface area (TPSA) is 69.7 Å². The molecule has 4 fully saturated rings. The Labute approximate surface area is 179 Å². The third kappa shape index (κ3) is 3.95. The first-order valence-corrected chi connectivity index (χ1v) is 14.5. The smallest absolute Gasteiger partial charge is 0.215 e. The quantitative estimate of drug-likeness (QED) is 0.553. The predicted octanol–water partition coefficient (Wildman–Crippen LogP) is 4.10. The van der Waals surface area contributed by atoms with Crippen molar-refractivity contribution in [3.63, 3.8) is 0 Å². The molecule has 0 aliphatic heterocycles. The van der Waals surface area contributed by atoms with E-state index < -0.39 is 24.5 Å². The number of nitrogens with zero attached hydrogens (tertiary/aromatic N) is 1. The highest BCUT2D eigenvalue weighted by Crippen LogP contribution is 2.67. The van der Waals surface area contributed by atoms with Crippen LogP contribution in [-0.2, 0) is 14.5 Å². The molecule has 0 aromatic heterocycles. The van der Waals surface area contributed by atoms with E-state index in [0.29, 0.717) is 5.92 Å². The van der Waals surface area contributed by atoms with Crippen molar-refractivity contribution < 1.29 is 17.8 Å². The van der Waals surface area contributed by atoms with E-state index in [4.69, 9.17) is 4.52 Å². The van der Waals surface area contributed by atoms with Crippen molar-refractivity contribution in [3.8, 4) is 0 Å². The van der Waals surface area contributed by atoms with Crippen molar-refractivity contribution in [1.29, 1.82) is 0 Å². The molecule has 168 valence electrons. The van der Waals surface area contributed by atoms with Crippen molar-refractivity contribution >= 4 is 19.1 Å². The number of rotatable bonds is 7. The first-order chi connectivity index (χ1) is 13.8. The van der Waals surface area contributed by atoms with Crippen LogP contribution in [0.15, 0.2) is 0 Å². The van der Waals surface area contributed by atoms with Crippen molar-refractivity contribution in [2.24, 2.45) is 16.7 Å². The molecule has 0 aromatic rings. The molecule has 0 N–H and O–H groups in total. The summed E-state index contributed by atoms with van der Waals surface area (Å²) in [4.78, 5) is 11.4. The highest BCUT2D eigenvalue weighted by atomic mass is 32.2. The molecule has 7 heteroatoms. The lowest BCUT2D eigenvalue weighted by atomic mass is 9.70. The Morgan fingerprint density at radius 3 is 2.00 bits per heavy atom. The van der Waals surface area contributed by atoms with E-state index in [1.54, 1.807) is 0 Å². The van der Waals surface area contributed by atoms with Gasteiger partial charge in [0.05, 0.1) is 14.8 Å². The molecule has 4 aliphatic rings. The van der Waals surface area contributed by atoms with Gasteiger partial charge in [0.25, 0.3) is 0 Å². The van der Waals surface area contributed by atoms with Gasteiger partial charge in [0, 0.05) is 17.5 Å². The van der Waals surface area contributed by atoms with Gasteiger partial charge in [-0.25, -0.2) is 12.9 Å². The van der Waals surface area contributed by atoms with E-state index in [1.807, 2.05) is 4.31 Å². The van der Waals surface area contributed by atoms with Gasteiger partial charge in [0.1, 0.15) is 6.10 Å². The molecule has 0 amide bonds. The summed E-state index contributed by atoms with van der Waals surface area (Å²) in [6.07, 6.45) is 13.8. The standard InChI is InChI=1S/C22H40NO4PS/c1-21(2)17-13-14-22(21,20(15-17)27-28-24)16-29(25,26)23(18-9-5-3-6-10-18)19-11-7-4-8-12-19/h17-20H,3-16,28H2,1-2H3/t17-,20-,22-/m1/s1. The van der Waals surface area contributed by atoms with Crippen LogP contribution in [0.3, 0.4) is 0 Å². The fourth-order valence-electron chi connectivity index (χ4n) is 7.42. The summed E-state index contributed by atoms with van der Waals surface area (Å²) in [5, 5.41) is 0. The lowest BCUT2D eigenvalue weighted by Crippen LogP contribution is -2.54. The Bertz CT molecular complexity index is 654. The SMILES string of the molecule is CC1(C)[C@@H]2CC[C@@]1(CS(=O)(=O)N(C1CCCCC1)C1CCCCC1)[C@H](O[PH2+][O-])C2. The van der Waals surface area contributed by atoms with Gasteiger partial charge in [-0.2, -0.15) is 4.31 Å². The minimum absolute atomic E-state index is 0.0792. The Morgan fingerprint density at radius 1 is 0.966 bits per heavy atom. The highest BCUT2D eigenvalue weighted by Gasteiger charge is 2.67. The van der Waals surface area contributed by atoms with Crippen molar-refractivity contribution in [3.05, 3.63) is 0 Å². The Morgan fingerprint density at radius 2 is 1.52 bits per heavy atom. The van der Waals surface area contributed by atoms with Crippen LogP contribution in [-0.4, -0.2) is 36.7 Å². The fourth-order valence-corrected chi connectivity index (χ4v) is 10.8. The number of hydrogen-bond acceptors (Lipinski definition) is 4. The van der Waals surface area contributed by atoms with Crippen molar-refractivity contribution in [1.82, 2.24) is 4.31 Å². The lowest BCUT2D eigenvalue weighted by molar-refractivity contribution is -0.177. The molecule has 1 unspecified atom stereocenters. The molecule has 4 rings (SSSR count). The van der Waals surface area contributed by atoms with Gasteiger partial charge >= 0.3 is 0 Å². The average Bonchev–Trinajstić information content (AvgIpc) is 3.04. The Balaban J connectivity index is 1.64. The maximum absolute atomic E-state index is 14.1. The van der Waals surface area contributed by atoms with E-state index in [2.05, 4.69) is 13.8 Å². The van der Waals surface area contributed by atoms with Crippen molar-refractivity contribution in [2.75, 3.05) is 5.75 Å². The summed E-state index contributed by atoms with van der Waals surface area (Å²) in [6.45, 7) is 4.46. The zero-order chi connectivity index (χ0) is 20.7. The molecular weight excluding hydrogens is 405 g/mol. The van der Waals surface area contributed by atoms with Gasteiger partial charge in [-0.05, 0) is 56.3 Å². The zero-order valence-electron chi connectivity index (χ0n) is 18.3. The monoisotopic (exact) mass is 445 g/mol. The third-order valence-corrected chi connectivity index (χ3v) is 11.8. The maximum Gasteiger partial charge on any atom is 0.215 e. The van der Waals surface area contributed by atoms with Crippen LogP contribution in [0, 0.1) is 16.7 Å². The van der Waals surface area contributed by atoms with Gasteiger partial charge in [-0.3, -0.25) is 0 Å². The predicted molar refractivity (Wildman–Crippen MR) is 118 cm³/mol. The van der Waals surface area contributed by atoms with E-state index in [-0.39, 0.29) is 29.4 Å². The first kappa shape index (κ1) is 22.5. The summed E-state index contributed by atoms with van der Waals surface area (Å²) >= 11 is 0. The fraction of sp³-hybridized carbons (Fsp3) is 1.00. The van der Waals surface area contributed by atoms with Crippen LogP contribution < -0.4 is 4.89 Å². The van der Waals surface area contributed by atoms with E-state index in [1.165, 1.54) is 12.8 Å². The van der Waals surface area contributed by atoms with Crippen LogP contribution in [0.2, 0.25) is 0 Å². The normalized spacial score (nSPS) is 36.6. The summed E-state index contributed by atoms with van der Waals surface area (Å²) in [5.74, 6) is 0.659. The number of fused-ring (bicyclic) bond motifs is 2. The molecule has 29 heavy (non-hydrogen) atoms. The summed E-state index contributed by atoms with van der Waals surface area (Å²) < 4.78 is 35.9. The summed E-state index contributed by atoms with van der Waals surface area (Å²) in [6, 6.07) is 0.360. The van der Waals surface area contributed by atoms with Crippen LogP contribution in [0.25, 0.3) is 0 Å². The van der Waals surface area contributed by atoms with Crippen LogP contribution in [0.4, 0.5) is 0 Å². The molecule has 0 heterocycles. The molecule has 0 radical (unpaired) electrons. The molecule has 5 nitrogen and oxygen atoms in total. The summed E-state index contributed by atoms with van der Waals surface area (Å²) in [5.41, 5.74) is -0.473. The number of hydrogen-bond donors (Lipinski definition) is 0. The summed E-state index contributed by atoms with van der Waals surface area (Å²) in [7, 11) is -4.71. The molecule has 4 atom stereocenters. The van der Waals surface area contributed by atoms with Gasteiger partial charge < -0.3 is 4.89 Å². The second kappa shape index (κ2) is 8.65. The van der Waals surface area contributed by atoms with E-state index in [0.717, 1.165) is 70.6 Å². The molecular formula is C22H40NO4PS. The molecule has 4 aliphatic carbocycles. The maximum atomic E-state index is 14.1. The van der Waals surface area contributed by atoms with E-state index >= 15 is 0 Å². The minimum atomic E-state index is -3.41. The molecule has 0 spiro atoms. The van der Waals surface area contributed by atoms with Gasteiger partial charge in [0.2, 0.25) is 10.0 Å². The largest absolute Gasteiger partial charge is 0.659 e. The van der Waals surface area contributed by atoms with Gasteiger partial charge in [-0.15, -0.1) is 0 Å². The Kier molecular flexibility index (Phi) is 6.70. The zero-order valence-corrected chi connectivity index (χ0v) is 20.2. The van der Waals surface area contributed by atoms with Crippen LogP contribution >= 0.6 is 9.03 Å². The second-order valence-corrected chi connectivity index (χ2v) is 13.1. The molecule has 0 aromatic carbocycles. The van der Waals surface area contributed by atoms with E-state index in [9.17, 15) is 13.3 Å². The second-order valence-electron chi connectivity index (χ2n) is 10.7. The van der Waals surface area contributed by atoms with Gasteiger partial charge in [0.15, 0.2) is 0 Å². The highest BCUT2D eigenvalue weighted by molar-refractivity contribution is 7.89. The first-order valence-electron chi connectivity index (χ1n) is 11.9. The molecule has 0 saturated heterocycles. The average molecular weight is 446 g/mol. The van der Waals surface area contributed by atoms with Crippen LogP contribution in [0.1, 0.15) is 97.3 Å². The molecule has 4 saturated carbocycles. The van der Waals surface area contributed by atoms with Gasteiger partial charge in [-0.1, -0.05) is 52.4 Å². The minimum Gasteiger partial charge on any atom is -0.659 e. The number of sulfonamides is 1. The van der Waals surface area contributed by atoms with Crippen molar-refractivity contribution in [2.45, 2.75) is 116 Å². The molecule has 2 bridgehead atoms. The lowest BCUT2D eigenvalue weighted by Gasteiger charge is -2.45. The third-order valence-electron chi connectivity index (χ3n) is 9.21. The Hall–Kier alpha value is 0.260.